The Labute approximate surface area is 201 Å². The Balaban J connectivity index is 1.74. The van der Waals surface area contributed by atoms with Gasteiger partial charge in [0.25, 0.3) is 5.91 Å². The second-order valence-corrected chi connectivity index (χ2v) is 8.93. The van der Waals surface area contributed by atoms with Gasteiger partial charge in [-0.1, -0.05) is 6.07 Å². The summed E-state index contributed by atoms with van der Waals surface area (Å²) in [6.45, 7) is 1.10. The van der Waals surface area contributed by atoms with Crippen LogP contribution in [-0.2, 0) is 4.79 Å². The number of furan rings is 1. The van der Waals surface area contributed by atoms with E-state index in [0.29, 0.717) is 10.2 Å². The van der Waals surface area contributed by atoms with Gasteiger partial charge < -0.3 is 14.6 Å². The normalized spacial score (nSPS) is 20.7. The number of anilines is 1. The Hall–Kier alpha value is -3.21. The summed E-state index contributed by atoms with van der Waals surface area (Å²) in [6, 6.07) is 9.98. The first kappa shape index (κ1) is 23.9. The van der Waals surface area contributed by atoms with Crippen molar-refractivity contribution in [3.63, 3.8) is 0 Å². The minimum absolute atomic E-state index is 0.0397. The summed E-state index contributed by atoms with van der Waals surface area (Å²) in [5.74, 6) is -4.13. The number of rotatable bonds is 4. The summed E-state index contributed by atoms with van der Waals surface area (Å²) in [7, 11) is 0. The van der Waals surface area contributed by atoms with Crippen LogP contribution in [0.15, 0.2) is 63.8 Å². The van der Waals surface area contributed by atoms with Gasteiger partial charge in [-0.3, -0.25) is 9.59 Å². The highest BCUT2D eigenvalue weighted by atomic mass is 79.9. The van der Waals surface area contributed by atoms with Crippen LogP contribution in [0.3, 0.4) is 0 Å². The topological polar surface area (TPSA) is 88.3 Å². The van der Waals surface area contributed by atoms with E-state index >= 15 is 0 Å². The standard InChI is InChI=1S/C23H20BrF3N4O3/c1-13-4-2-6-19(29-13)30-21(32)16-10-14(23(25,26)27)12-31(20(16)18-5-3-9-34-18)22(33)17-8-7-15(24)11-28-17/h2-9,11,14,16,20H,10,12H2,1H3,(H,29,30,32). The number of hydrogen-bond donors (Lipinski definition) is 1. The highest BCUT2D eigenvalue weighted by Crippen LogP contribution is 2.45. The fraction of sp³-hybridized carbons (Fsp3) is 0.304. The van der Waals surface area contributed by atoms with Crippen molar-refractivity contribution in [2.45, 2.75) is 25.6 Å². The van der Waals surface area contributed by atoms with E-state index in [1.165, 1.54) is 18.5 Å². The van der Waals surface area contributed by atoms with Gasteiger partial charge in [0.2, 0.25) is 5.91 Å². The average molecular weight is 537 g/mol. The highest BCUT2D eigenvalue weighted by Gasteiger charge is 2.52. The smallest absolute Gasteiger partial charge is 0.393 e. The molecule has 0 aromatic carbocycles. The van der Waals surface area contributed by atoms with Crippen molar-refractivity contribution in [3.8, 4) is 0 Å². The molecule has 0 bridgehead atoms. The van der Waals surface area contributed by atoms with Crippen molar-refractivity contribution in [2.75, 3.05) is 11.9 Å². The molecule has 11 heteroatoms. The fourth-order valence-electron chi connectivity index (χ4n) is 4.07. The van der Waals surface area contributed by atoms with Crippen molar-refractivity contribution < 1.29 is 27.2 Å². The lowest BCUT2D eigenvalue weighted by Crippen LogP contribution is -2.52. The number of nitrogens with zero attached hydrogens (tertiary/aromatic N) is 3. The van der Waals surface area contributed by atoms with Crippen LogP contribution in [0.1, 0.15) is 34.4 Å². The third-order valence-electron chi connectivity index (χ3n) is 5.65. The number of aromatic nitrogens is 2. The molecule has 0 radical (unpaired) electrons. The lowest BCUT2D eigenvalue weighted by Gasteiger charge is -2.43. The first-order valence-electron chi connectivity index (χ1n) is 10.4. The number of pyridine rings is 2. The minimum atomic E-state index is -4.61. The van der Waals surface area contributed by atoms with Crippen LogP contribution in [0.25, 0.3) is 0 Å². The number of amides is 2. The molecule has 3 aromatic rings. The van der Waals surface area contributed by atoms with Crippen molar-refractivity contribution in [1.82, 2.24) is 14.9 Å². The third-order valence-corrected chi connectivity index (χ3v) is 6.12. The molecule has 4 rings (SSSR count). The third kappa shape index (κ3) is 5.14. The molecular formula is C23H20BrF3N4O3. The molecule has 2 amide bonds. The number of aryl methyl sites for hydroxylation is 1. The van der Waals surface area contributed by atoms with Crippen LogP contribution in [0.4, 0.5) is 19.0 Å². The number of carbonyl (C=O) groups is 2. The molecule has 0 spiro atoms. The Morgan fingerprint density at radius 3 is 2.59 bits per heavy atom. The maximum absolute atomic E-state index is 13.9. The minimum Gasteiger partial charge on any atom is -0.467 e. The number of likely N-dealkylation sites (tertiary alicyclic amines) is 1. The molecule has 1 saturated heterocycles. The Kier molecular flexibility index (Phi) is 6.74. The van der Waals surface area contributed by atoms with E-state index < -0.39 is 48.8 Å². The largest absolute Gasteiger partial charge is 0.467 e. The van der Waals surface area contributed by atoms with E-state index in [0.717, 1.165) is 4.90 Å². The number of piperidine rings is 1. The van der Waals surface area contributed by atoms with E-state index in [2.05, 4.69) is 31.2 Å². The van der Waals surface area contributed by atoms with Crippen molar-refractivity contribution in [2.24, 2.45) is 11.8 Å². The molecule has 4 heterocycles. The van der Waals surface area contributed by atoms with E-state index in [1.807, 2.05) is 0 Å². The van der Waals surface area contributed by atoms with E-state index in [4.69, 9.17) is 4.42 Å². The summed E-state index contributed by atoms with van der Waals surface area (Å²) in [5.41, 5.74) is 0.595. The van der Waals surface area contributed by atoms with Crippen molar-refractivity contribution >= 4 is 33.6 Å². The first-order valence-corrected chi connectivity index (χ1v) is 11.2. The summed E-state index contributed by atoms with van der Waals surface area (Å²) in [4.78, 5) is 35.9. The molecule has 3 atom stereocenters. The SMILES string of the molecule is Cc1cccc(NC(=O)C2CC(C(F)(F)F)CN(C(=O)c3ccc(Br)cn3)C2c2ccco2)n1. The average Bonchev–Trinajstić information content (AvgIpc) is 3.32. The maximum atomic E-state index is 13.9. The van der Waals surface area contributed by atoms with Gasteiger partial charge in [-0.25, -0.2) is 9.97 Å². The van der Waals surface area contributed by atoms with Gasteiger partial charge in [-0.05, 0) is 65.7 Å². The van der Waals surface area contributed by atoms with Gasteiger partial charge in [0.1, 0.15) is 23.3 Å². The molecule has 3 aromatic heterocycles. The lowest BCUT2D eigenvalue weighted by molar-refractivity contribution is -0.194. The molecule has 1 aliphatic rings. The second-order valence-electron chi connectivity index (χ2n) is 8.01. The second kappa shape index (κ2) is 9.57. The van der Waals surface area contributed by atoms with E-state index in [1.54, 1.807) is 43.3 Å². The van der Waals surface area contributed by atoms with Crippen molar-refractivity contribution in [3.05, 3.63) is 76.5 Å². The molecule has 1 fully saturated rings. The molecule has 3 unspecified atom stereocenters. The van der Waals surface area contributed by atoms with Gasteiger partial charge in [-0.15, -0.1) is 0 Å². The molecule has 1 aliphatic heterocycles. The zero-order chi connectivity index (χ0) is 24.5. The molecule has 34 heavy (non-hydrogen) atoms. The van der Waals surface area contributed by atoms with E-state index in [-0.39, 0.29) is 17.3 Å². The number of hydrogen-bond acceptors (Lipinski definition) is 5. The zero-order valence-corrected chi connectivity index (χ0v) is 19.5. The lowest BCUT2D eigenvalue weighted by atomic mass is 9.80. The zero-order valence-electron chi connectivity index (χ0n) is 17.9. The molecule has 0 saturated carbocycles. The number of carbonyl (C=O) groups excluding carboxylic acids is 2. The molecule has 7 nitrogen and oxygen atoms in total. The first-order chi connectivity index (χ1) is 16.1. The van der Waals surface area contributed by atoms with Crippen LogP contribution >= 0.6 is 15.9 Å². The van der Waals surface area contributed by atoms with Gasteiger partial charge in [0.05, 0.1) is 18.1 Å². The number of nitrogens with one attached hydrogen (secondary N) is 1. The summed E-state index contributed by atoms with van der Waals surface area (Å²) >= 11 is 3.22. The van der Waals surface area contributed by atoms with Crippen LogP contribution in [0.5, 0.6) is 0 Å². The van der Waals surface area contributed by atoms with Crippen LogP contribution in [0.2, 0.25) is 0 Å². The van der Waals surface area contributed by atoms with Crippen molar-refractivity contribution in [1.29, 1.82) is 0 Å². The summed E-state index contributed by atoms with van der Waals surface area (Å²) in [6.07, 6.45) is -2.39. The predicted octanol–water partition coefficient (Wildman–Crippen LogP) is 5.16. The Morgan fingerprint density at radius 1 is 1.18 bits per heavy atom. The van der Waals surface area contributed by atoms with Gasteiger partial charge in [0.15, 0.2) is 0 Å². The summed E-state index contributed by atoms with van der Waals surface area (Å²) in [5, 5.41) is 2.60. The molecule has 1 N–H and O–H groups in total. The van der Waals surface area contributed by atoms with Crippen LogP contribution in [-0.4, -0.2) is 39.4 Å². The quantitative estimate of drug-likeness (QED) is 0.497. The highest BCUT2D eigenvalue weighted by molar-refractivity contribution is 9.10. The number of alkyl halides is 3. The fourth-order valence-corrected chi connectivity index (χ4v) is 4.30. The Bertz CT molecular complexity index is 1170. The molecule has 178 valence electrons. The Morgan fingerprint density at radius 2 is 1.97 bits per heavy atom. The summed E-state index contributed by atoms with van der Waals surface area (Å²) < 4.78 is 47.8. The van der Waals surface area contributed by atoms with Gasteiger partial charge in [-0.2, -0.15) is 13.2 Å². The molecule has 0 aliphatic carbocycles. The monoisotopic (exact) mass is 536 g/mol. The van der Waals surface area contributed by atoms with E-state index in [9.17, 15) is 22.8 Å². The predicted molar refractivity (Wildman–Crippen MR) is 120 cm³/mol. The van der Waals surface area contributed by atoms with Gasteiger partial charge >= 0.3 is 6.18 Å². The van der Waals surface area contributed by atoms with Gasteiger partial charge in [0, 0.05) is 22.9 Å². The maximum Gasteiger partial charge on any atom is 0.393 e. The van der Waals surface area contributed by atoms with Crippen LogP contribution < -0.4 is 5.32 Å². The number of halogens is 4. The van der Waals surface area contributed by atoms with Crippen LogP contribution in [0, 0.1) is 18.8 Å². The molecular weight excluding hydrogens is 517 g/mol.